The van der Waals surface area contributed by atoms with Crippen LogP contribution in [-0.2, 0) is 19.1 Å². The van der Waals surface area contributed by atoms with E-state index in [0.29, 0.717) is 17.8 Å². The van der Waals surface area contributed by atoms with E-state index in [1.165, 1.54) is 27.9 Å². The monoisotopic (exact) mass is 312 g/mol. The summed E-state index contributed by atoms with van der Waals surface area (Å²) in [4.78, 5) is 19.6. The van der Waals surface area contributed by atoms with E-state index in [-0.39, 0.29) is 18.8 Å². The molecule has 0 saturated heterocycles. The van der Waals surface area contributed by atoms with Crippen LogP contribution in [0, 0.1) is 0 Å². The Morgan fingerprint density at radius 3 is 2.77 bits per heavy atom. The molecule has 3 rings (SSSR count). The van der Waals surface area contributed by atoms with Gasteiger partial charge in [0, 0.05) is 24.9 Å². The van der Waals surface area contributed by atoms with Crippen LogP contribution in [0.2, 0.25) is 0 Å². The fourth-order valence-corrected chi connectivity index (χ4v) is 2.49. The van der Waals surface area contributed by atoms with Crippen molar-refractivity contribution in [2.24, 2.45) is 0 Å². The summed E-state index contributed by atoms with van der Waals surface area (Å²) in [5.74, 6) is 0. The fourth-order valence-electron chi connectivity index (χ4n) is 2.49. The lowest BCUT2D eigenvalue weighted by atomic mass is 10.1. The van der Waals surface area contributed by atoms with E-state index in [0.717, 1.165) is 6.20 Å². The number of fused-ring (bicyclic) bond motifs is 1. The number of aromatic nitrogens is 3. The molecule has 1 aliphatic rings. The first-order chi connectivity index (χ1) is 10.4. The third-order valence-corrected chi connectivity index (χ3v) is 3.50. The second kappa shape index (κ2) is 5.00. The predicted octanol–water partition coefficient (Wildman–Crippen LogP) is 2.32. The van der Waals surface area contributed by atoms with Crippen molar-refractivity contribution >= 4 is 6.09 Å². The van der Waals surface area contributed by atoms with E-state index < -0.39 is 18.0 Å². The van der Waals surface area contributed by atoms with E-state index in [1.807, 2.05) is 0 Å². The number of imidazole rings is 1. The van der Waals surface area contributed by atoms with E-state index in [4.69, 9.17) is 5.11 Å². The molecule has 9 heteroatoms. The van der Waals surface area contributed by atoms with Crippen molar-refractivity contribution in [1.82, 2.24) is 19.4 Å². The molecule has 1 amide bonds. The van der Waals surface area contributed by atoms with E-state index in [9.17, 15) is 18.0 Å². The van der Waals surface area contributed by atoms with Gasteiger partial charge in [0.1, 0.15) is 0 Å². The second-order valence-corrected chi connectivity index (χ2v) is 4.83. The van der Waals surface area contributed by atoms with Gasteiger partial charge in [-0.2, -0.15) is 13.2 Å². The molecule has 2 aromatic rings. The molecular weight excluding hydrogens is 301 g/mol. The first-order valence-electron chi connectivity index (χ1n) is 6.43. The minimum absolute atomic E-state index is 0.0687. The van der Waals surface area contributed by atoms with Crippen molar-refractivity contribution in [3.63, 3.8) is 0 Å². The molecule has 0 radical (unpaired) electrons. The normalized spacial score (nSPS) is 14.8. The van der Waals surface area contributed by atoms with Crippen LogP contribution in [-0.4, -0.2) is 37.2 Å². The van der Waals surface area contributed by atoms with Crippen LogP contribution in [0.1, 0.15) is 17.1 Å². The van der Waals surface area contributed by atoms with Gasteiger partial charge in [-0.25, -0.2) is 14.8 Å². The van der Waals surface area contributed by atoms with Gasteiger partial charge < -0.3 is 14.6 Å². The molecule has 2 aromatic heterocycles. The Kier molecular flexibility index (Phi) is 3.27. The molecule has 0 aromatic carbocycles. The molecule has 1 N–H and O–H groups in total. The number of alkyl halides is 3. The summed E-state index contributed by atoms with van der Waals surface area (Å²) >= 11 is 0. The predicted molar refractivity (Wildman–Crippen MR) is 68.5 cm³/mol. The zero-order valence-corrected chi connectivity index (χ0v) is 11.2. The number of nitrogens with zero attached hydrogens (tertiary/aromatic N) is 4. The summed E-state index contributed by atoms with van der Waals surface area (Å²) < 4.78 is 40.5. The number of pyridine rings is 1. The highest BCUT2D eigenvalue weighted by molar-refractivity contribution is 5.65. The van der Waals surface area contributed by atoms with Crippen molar-refractivity contribution in [3.8, 4) is 5.69 Å². The molecule has 116 valence electrons. The van der Waals surface area contributed by atoms with E-state index >= 15 is 0 Å². The molecule has 0 spiro atoms. The van der Waals surface area contributed by atoms with Gasteiger partial charge in [-0.15, -0.1) is 0 Å². The quantitative estimate of drug-likeness (QED) is 0.877. The van der Waals surface area contributed by atoms with Crippen molar-refractivity contribution in [1.29, 1.82) is 0 Å². The lowest BCUT2D eigenvalue weighted by Gasteiger charge is -2.24. The van der Waals surface area contributed by atoms with Gasteiger partial charge in [-0.1, -0.05) is 0 Å². The molecule has 0 bridgehead atoms. The molecule has 22 heavy (non-hydrogen) atoms. The maximum atomic E-state index is 13.1. The third kappa shape index (κ3) is 2.38. The van der Waals surface area contributed by atoms with E-state index in [2.05, 4.69) is 9.97 Å². The highest BCUT2D eigenvalue weighted by atomic mass is 19.4. The Hall–Kier alpha value is -2.58. The standard InChI is InChI=1S/C13H11F3N4O2/c14-13(15,16)11-10(2-1-4-17-11)20-7-18-8-6-19(12(21)22)5-3-9(8)20/h1-2,4,7H,3,5-6H2,(H,21,22). The molecule has 0 aliphatic carbocycles. The second-order valence-electron chi connectivity index (χ2n) is 4.83. The first kappa shape index (κ1) is 14.4. The van der Waals surface area contributed by atoms with Crippen LogP contribution in [0.5, 0.6) is 0 Å². The topological polar surface area (TPSA) is 71.2 Å². The molecular formula is C13H11F3N4O2. The smallest absolute Gasteiger partial charge is 0.435 e. The molecule has 0 atom stereocenters. The SMILES string of the molecule is O=C(O)N1CCc2c(ncn2-c2cccnc2C(F)(F)F)C1. The minimum Gasteiger partial charge on any atom is -0.465 e. The molecule has 0 saturated carbocycles. The number of carbonyl (C=O) groups is 1. The van der Waals surface area contributed by atoms with Crippen LogP contribution in [0.3, 0.4) is 0 Å². The van der Waals surface area contributed by atoms with Crippen LogP contribution in [0.15, 0.2) is 24.7 Å². The highest BCUT2D eigenvalue weighted by Crippen LogP contribution is 2.33. The summed E-state index contributed by atoms with van der Waals surface area (Å²) in [7, 11) is 0. The fraction of sp³-hybridized carbons (Fsp3) is 0.308. The Morgan fingerprint density at radius 2 is 2.09 bits per heavy atom. The number of rotatable bonds is 1. The number of hydrogen-bond donors (Lipinski definition) is 1. The lowest BCUT2D eigenvalue weighted by Crippen LogP contribution is -2.35. The number of carboxylic acid groups (broad SMARTS) is 1. The van der Waals surface area contributed by atoms with Crippen molar-refractivity contribution in [3.05, 3.63) is 41.7 Å². The average Bonchev–Trinajstić information content (AvgIpc) is 2.89. The first-order valence-corrected chi connectivity index (χ1v) is 6.43. The molecule has 0 fully saturated rings. The zero-order valence-electron chi connectivity index (χ0n) is 11.2. The van der Waals surface area contributed by atoms with Crippen LogP contribution < -0.4 is 0 Å². The van der Waals surface area contributed by atoms with Crippen LogP contribution >= 0.6 is 0 Å². The number of hydrogen-bond acceptors (Lipinski definition) is 3. The summed E-state index contributed by atoms with van der Waals surface area (Å²) in [6.07, 6.45) is -2.98. The van der Waals surface area contributed by atoms with Gasteiger partial charge in [-0.3, -0.25) is 0 Å². The summed E-state index contributed by atoms with van der Waals surface area (Å²) in [5.41, 5.74) is -0.0509. The largest absolute Gasteiger partial charge is 0.465 e. The maximum Gasteiger partial charge on any atom is 0.435 e. The number of amides is 1. The van der Waals surface area contributed by atoms with Crippen molar-refractivity contribution in [2.45, 2.75) is 19.1 Å². The van der Waals surface area contributed by atoms with Gasteiger partial charge in [-0.05, 0) is 12.1 Å². The molecule has 1 aliphatic heterocycles. The maximum absolute atomic E-state index is 13.1. The van der Waals surface area contributed by atoms with E-state index in [1.54, 1.807) is 0 Å². The third-order valence-electron chi connectivity index (χ3n) is 3.50. The molecule has 0 unspecified atom stereocenters. The van der Waals surface area contributed by atoms with Gasteiger partial charge >= 0.3 is 12.3 Å². The summed E-state index contributed by atoms with van der Waals surface area (Å²) in [6.45, 7) is 0.287. The Balaban J connectivity index is 2.05. The summed E-state index contributed by atoms with van der Waals surface area (Å²) in [6, 6.07) is 2.74. The Bertz CT molecular complexity index is 726. The summed E-state index contributed by atoms with van der Waals surface area (Å²) in [5, 5.41) is 8.97. The minimum atomic E-state index is -4.57. The van der Waals surface area contributed by atoms with Crippen LogP contribution in [0.25, 0.3) is 5.69 Å². The Morgan fingerprint density at radius 1 is 1.32 bits per heavy atom. The highest BCUT2D eigenvalue weighted by Gasteiger charge is 2.36. The van der Waals surface area contributed by atoms with Crippen molar-refractivity contribution < 1.29 is 23.1 Å². The zero-order chi connectivity index (χ0) is 15.9. The van der Waals surface area contributed by atoms with Gasteiger partial charge in [0.2, 0.25) is 0 Å². The van der Waals surface area contributed by atoms with Gasteiger partial charge in [0.05, 0.1) is 24.3 Å². The number of halogens is 3. The Labute approximate surface area is 122 Å². The molecule has 6 nitrogen and oxygen atoms in total. The van der Waals surface area contributed by atoms with Crippen LogP contribution in [0.4, 0.5) is 18.0 Å². The molecule has 3 heterocycles. The van der Waals surface area contributed by atoms with Gasteiger partial charge in [0.15, 0.2) is 5.69 Å². The average molecular weight is 312 g/mol. The van der Waals surface area contributed by atoms with Gasteiger partial charge in [0.25, 0.3) is 0 Å². The lowest BCUT2D eigenvalue weighted by molar-refractivity contribution is -0.141. The van der Waals surface area contributed by atoms with Crippen molar-refractivity contribution in [2.75, 3.05) is 6.54 Å².